The average molecular weight is 310 g/mol. The molecule has 106 valence electrons. The summed E-state index contributed by atoms with van der Waals surface area (Å²) in [6.45, 7) is 2.27. The number of aromatic amines is 1. The van der Waals surface area contributed by atoms with Crippen LogP contribution in [-0.4, -0.2) is 10.2 Å². The van der Waals surface area contributed by atoms with Crippen LogP contribution in [0.2, 0.25) is 10.0 Å². The van der Waals surface area contributed by atoms with Crippen LogP contribution in [0.3, 0.4) is 0 Å². The van der Waals surface area contributed by atoms with Crippen LogP contribution in [0.4, 0.5) is 5.82 Å². The Kier molecular flexibility index (Phi) is 3.43. The Labute approximate surface area is 128 Å². The summed E-state index contributed by atoms with van der Waals surface area (Å²) in [6, 6.07) is 5.59. The van der Waals surface area contributed by atoms with E-state index >= 15 is 0 Å². The third kappa shape index (κ3) is 2.19. The molecule has 5 heteroatoms. The predicted molar refractivity (Wildman–Crippen MR) is 84.3 cm³/mol. The van der Waals surface area contributed by atoms with Crippen molar-refractivity contribution in [2.75, 3.05) is 5.73 Å². The number of aromatic nitrogens is 2. The number of anilines is 1. The molecule has 0 atom stereocenters. The number of nitrogens with zero attached hydrogens (tertiary/aromatic N) is 1. The Hall–Kier alpha value is -1.19. The molecule has 0 spiro atoms. The maximum atomic E-state index is 6.13. The summed E-state index contributed by atoms with van der Waals surface area (Å²) in [7, 11) is 0. The largest absolute Gasteiger partial charge is 0.382 e. The fourth-order valence-corrected chi connectivity index (χ4v) is 3.44. The highest BCUT2D eigenvalue weighted by atomic mass is 35.5. The summed E-state index contributed by atoms with van der Waals surface area (Å²) < 4.78 is 0. The van der Waals surface area contributed by atoms with Gasteiger partial charge in [-0.1, -0.05) is 49.0 Å². The van der Waals surface area contributed by atoms with Crippen LogP contribution in [-0.2, 0) is 5.41 Å². The van der Waals surface area contributed by atoms with E-state index in [1.807, 2.05) is 12.1 Å². The van der Waals surface area contributed by atoms with Gasteiger partial charge >= 0.3 is 0 Å². The van der Waals surface area contributed by atoms with Crippen molar-refractivity contribution in [1.29, 1.82) is 0 Å². The molecule has 0 bridgehead atoms. The molecule has 0 radical (unpaired) electrons. The van der Waals surface area contributed by atoms with Crippen LogP contribution < -0.4 is 5.73 Å². The Morgan fingerprint density at radius 2 is 1.90 bits per heavy atom. The molecule has 3 rings (SSSR count). The van der Waals surface area contributed by atoms with Crippen LogP contribution >= 0.6 is 23.2 Å². The first kappa shape index (κ1) is 13.8. The summed E-state index contributed by atoms with van der Waals surface area (Å²) in [5.41, 5.74) is 9.24. The molecule has 1 aliphatic rings. The molecular weight excluding hydrogens is 293 g/mol. The van der Waals surface area contributed by atoms with Crippen molar-refractivity contribution in [2.45, 2.75) is 38.0 Å². The van der Waals surface area contributed by atoms with Gasteiger partial charge in [-0.05, 0) is 30.5 Å². The average Bonchev–Trinajstić information content (AvgIpc) is 3.00. The third-order valence-corrected chi connectivity index (χ3v) is 5.05. The van der Waals surface area contributed by atoms with Crippen LogP contribution in [0.5, 0.6) is 0 Å². The maximum Gasteiger partial charge on any atom is 0.153 e. The van der Waals surface area contributed by atoms with E-state index in [1.165, 1.54) is 12.8 Å². The number of hydrogen-bond acceptors (Lipinski definition) is 2. The number of halogens is 2. The number of rotatable bonds is 2. The minimum atomic E-state index is 0.117. The van der Waals surface area contributed by atoms with E-state index in [0.29, 0.717) is 15.9 Å². The lowest BCUT2D eigenvalue weighted by Gasteiger charge is -2.23. The number of nitrogen functional groups attached to an aromatic ring is 1. The monoisotopic (exact) mass is 309 g/mol. The number of nitrogens with one attached hydrogen (secondary N) is 1. The van der Waals surface area contributed by atoms with E-state index in [2.05, 4.69) is 17.1 Å². The van der Waals surface area contributed by atoms with Crippen molar-refractivity contribution < 1.29 is 0 Å². The molecule has 3 N–H and O–H groups in total. The summed E-state index contributed by atoms with van der Waals surface area (Å²) in [6.07, 6.45) is 4.80. The highest BCUT2D eigenvalue weighted by Gasteiger charge is 2.35. The number of hydrogen-bond donors (Lipinski definition) is 2. The van der Waals surface area contributed by atoms with E-state index in [9.17, 15) is 0 Å². The first-order valence-corrected chi connectivity index (χ1v) is 7.56. The van der Waals surface area contributed by atoms with Gasteiger partial charge in [0.2, 0.25) is 0 Å². The molecule has 3 nitrogen and oxygen atoms in total. The topological polar surface area (TPSA) is 54.7 Å². The van der Waals surface area contributed by atoms with Crippen LogP contribution in [0.25, 0.3) is 11.1 Å². The summed E-state index contributed by atoms with van der Waals surface area (Å²) in [4.78, 5) is 0. The first-order chi connectivity index (χ1) is 9.51. The van der Waals surface area contributed by atoms with E-state index in [4.69, 9.17) is 28.9 Å². The Bertz CT molecular complexity index is 643. The minimum Gasteiger partial charge on any atom is -0.382 e. The van der Waals surface area contributed by atoms with E-state index in [0.717, 1.165) is 29.7 Å². The van der Waals surface area contributed by atoms with Crippen molar-refractivity contribution in [3.63, 3.8) is 0 Å². The van der Waals surface area contributed by atoms with E-state index < -0.39 is 0 Å². The Balaban J connectivity index is 2.13. The van der Waals surface area contributed by atoms with Gasteiger partial charge in [-0.15, -0.1) is 0 Å². The molecule has 2 aromatic rings. The minimum absolute atomic E-state index is 0.117. The van der Waals surface area contributed by atoms with Gasteiger partial charge in [0.05, 0.1) is 15.7 Å². The Morgan fingerprint density at radius 3 is 2.55 bits per heavy atom. The molecule has 20 heavy (non-hydrogen) atoms. The van der Waals surface area contributed by atoms with E-state index in [1.54, 1.807) is 6.07 Å². The van der Waals surface area contributed by atoms with Crippen molar-refractivity contribution in [1.82, 2.24) is 10.2 Å². The summed E-state index contributed by atoms with van der Waals surface area (Å²) >= 11 is 12.1. The first-order valence-electron chi connectivity index (χ1n) is 6.81. The highest BCUT2D eigenvalue weighted by molar-refractivity contribution is 6.42. The van der Waals surface area contributed by atoms with Gasteiger partial charge in [-0.3, -0.25) is 5.10 Å². The predicted octanol–water partition coefficient (Wildman–Crippen LogP) is 4.80. The molecule has 1 heterocycles. The molecule has 1 saturated carbocycles. The van der Waals surface area contributed by atoms with Gasteiger partial charge < -0.3 is 5.73 Å². The molecule has 1 aliphatic carbocycles. The Morgan fingerprint density at radius 1 is 1.20 bits per heavy atom. The quantitative estimate of drug-likeness (QED) is 0.837. The molecule has 1 fully saturated rings. The molecule has 1 aromatic carbocycles. The van der Waals surface area contributed by atoms with Crippen molar-refractivity contribution in [3.8, 4) is 11.1 Å². The van der Waals surface area contributed by atoms with Gasteiger partial charge in [-0.25, -0.2) is 0 Å². The number of H-pyrrole nitrogens is 1. The van der Waals surface area contributed by atoms with Gasteiger partial charge in [0.1, 0.15) is 0 Å². The second kappa shape index (κ2) is 4.97. The zero-order valence-electron chi connectivity index (χ0n) is 11.3. The van der Waals surface area contributed by atoms with Crippen LogP contribution in [0, 0.1) is 0 Å². The lowest BCUT2D eigenvalue weighted by atomic mass is 9.81. The van der Waals surface area contributed by atoms with Crippen LogP contribution in [0.15, 0.2) is 18.2 Å². The van der Waals surface area contributed by atoms with Gasteiger partial charge in [0.15, 0.2) is 5.82 Å². The van der Waals surface area contributed by atoms with Crippen LogP contribution in [0.1, 0.15) is 38.3 Å². The molecular formula is C15H17Cl2N3. The lowest BCUT2D eigenvalue weighted by molar-refractivity contribution is 0.476. The number of benzene rings is 1. The summed E-state index contributed by atoms with van der Waals surface area (Å²) in [5.74, 6) is 0.520. The second-order valence-electron chi connectivity index (χ2n) is 5.76. The van der Waals surface area contributed by atoms with E-state index in [-0.39, 0.29) is 5.41 Å². The smallest absolute Gasteiger partial charge is 0.153 e. The molecule has 1 aromatic heterocycles. The zero-order valence-corrected chi connectivity index (χ0v) is 12.9. The molecule has 0 amide bonds. The van der Waals surface area contributed by atoms with Crippen molar-refractivity contribution >= 4 is 29.0 Å². The van der Waals surface area contributed by atoms with Gasteiger partial charge in [0, 0.05) is 11.0 Å². The lowest BCUT2D eigenvalue weighted by Crippen LogP contribution is -2.18. The fraction of sp³-hybridized carbons (Fsp3) is 0.400. The standard InChI is InChI=1S/C15H17Cl2N3/c1-15(6-2-3-7-15)13-12(14(18)20-19-13)9-4-5-10(16)11(17)8-9/h4-5,8H,2-3,6-7H2,1H3,(H3,18,19,20). The maximum absolute atomic E-state index is 6.13. The normalized spacial score (nSPS) is 17.6. The third-order valence-electron chi connectivity index (χ3n) is 4.31. The highest BCUT2D eigenvalue weighted by Crippen LogP contribution is 2.45. The molecule has 0 unspecified atom stereocenters. The number of nitrogens with two attached hydrogens (primary N) is 1. The summed E-state index contributed by atoms with van der Waals surface area (Å²) in [5, 5.41) is 8.43. The van der Waals surface area contributed by atoms with Gasteiger partial charge in [-0.2, -0.15) is 5.10 Å². The molecule has 0 aliphatic heterocycles. The molecule has 0 saturated heterocycles. The zero-order chi connectivity index (χ0) is 14.3. The van der Waals surface area contributed by atoms with Crippen molar-refractivity contribution in [2.24, 2.45) is 0 Å². The fourth-order valence-electron chi connectivity index (χ4n) is 3.14. The van der Waals surface area contributed by atoms with Gasteiger partial charge in [0.25, 0.3) is 0 Å². The second-order valence-corrected chi connectivity index (χ2v) is 6.57. The van der Waals surface area contributed by atoms with Crippen molar-refractivity contribution in [3.05, 3.63) is 33.9 Å². The SMILES string of the molecule is CC1(c2[nH]nc(N)c2-c2ccc(Cl)c(Cl)c2)CCCC1.